The van der Waals surface area contributed by atoms with Gasteiger partial charge in [-0.3, -0.25) is 14.4 Å². The average molecular weight is 574 g/mol. The first-order chi connectivity index (χ1) is 19.4. The van der Waals surface area contributed by atoms with Crippen molar-refractivity contribution < 1.29 is 33.8 Å². The summed E-state index contributed by atoms with van der Waals surface area (Å²) in [6.07, 6.45) is 4.89. The third kappa shape index (κ3) is 10.6. The number of likely N-dealkylation sites (tertiary alicyclic amines) is 2. The fourth-order valence-electron chi connectivity index (χ4n) is 5.63. The second-order valence-electron chi connectivity index (χ2n) is 12.3. The molecule has 1 aromatic carbocycles. The van der Waals surface area contributed by atoms with Crippen molar-refractivity contribution in [2.75, 3.05) is 33.3 Å². The largest absolute Gasteiger partial charge is 0.496 e. The fraction of sp³-hybridized carbons (Fsp3) is 0.677. The van der Waals surface area contributed by atoms with Crippen LogP contribution in [0.25, 0.3) is 0 Å². The van der Waals surface area contributed by atoms with E-state index in [1.54, 1.807) is 16.9 Å². The highest BCUT2D eigenvalue weighted by Gasteiger charge is 2.31. The predicted molar refractivity (Wildman–Crippen MR) is 155 cm³/mol. The Bertz CT molecular complexity index is 1050. The van der Waals surface area contributed by atoms with Crippen LogP contribution in [0.3, 0.4) is 0 Å². The van der Waals surface area contributed by atoms with Crippen molar-refractivity contribution >= 4 is 23.9 Å². The molecule has 0 saturated carbocycles. The number of carboxylic acids is 1. The van der Waals surface area contributed by atoms with Crippen LogP contribution in [0.1, 0.15) is 77.7 Å². The lowest BCUT2D eigenvalue weighted by Gasteiger charge is -2.35. The molecule has 0 bridgehead atoms. The van der Waals surface area contributed by atoms with E-state index in [0.29, 0.717) is 57.8 Å². The lowest BCUT2D eigenvalue weighted by Crippen LogP contribution is -2.48. The van der Waals surface area contributed by atoms with Crippen molar-refractivity contribution in [2.24, 2.45) is 11.8 Å². The average Bonchev–Trinajstić information content (AvgIpc) is 2.93. The first kappa shape index (κ1) is 32.2. The van der Waals surface area contributed by atoms with Gasteiger partial charge in [0.25, 0.3) is 0 Å². The zero-order valence-corrected chi connectivity index (χ0v) is 25.0. The number of piperidine rings is 2. The first-order valence-corrected chi connectivity index (χ1v) is 14.8. The number of ether oxygens (including phenoxy) is 2. The molecule has 0 radical (unpaired) electrons. The van der Waals surface area contributed by atoms with E-state index in [-0.39, 0.29) is 30.2 Å². The molecule has 1 unspecified atom stereocenters. The zero-order valence-electron chi connectivity index (χ0n) is 25.0. The zero-order chi connectivity index (χ0) is 30.0. The van der Waals surface area contributed by atoms with E-state index in [4.69, 9.17) is 9.47 Å². The molecule has 0 aromatic heterocycles. The Hall–Kier alpha value is -3.30. The standard InChI is InChI=1S/C31H47N3O7/c1-31(2,3)41-30(39)33-18-15-22(16-19-33)11-14-27(35)34-17-7-9-24(21-34)29(38)32-25(20-28(36)37)13-12-23-8-5-6-10-26(23)40-4/h5-6,8,10,22,24-25H,7,9,11-21H2,1-4H3,(H,32,38)(H,36,37)/t24-,25?/m1/s1. The molecule has 41 heavy (non-hydrogen) atoms. The molecule has 1 aromatic rings. The van der Waals surface area contributed by atoms with E-state index < -0.39 is 17.6 Å². The maximum atomic E-state index is 13.2. The van der Waals surface area contributed by atoms with Gasteiger partial charge in [-0.05, 0) is 83.3 Å². The molecule has 10 heteroatoms. The van der Waals surface area contributed by atoms with Crippen LogP contribution < -0.4 is 10.1 Å². The van der Waals surface area contributed by atoms with E-state index in [1.807, 2.05) is 45.0 Å². The SMILES string of the molecule is COc1ccccc1CCC(CC(=O)O)NC(=O)[C@@H]1CCCN(C(=O)CCC2CCN(C(=O)OC(C)(C)C)CC2)C1. The smallest absolute Gasteiger partial charge is 0.410 e. The van der Waals surface area contributed by atoms with E-state index in [0.717, 1.165) is 37.0 Å². The van der Waals surface area contributed by atoms with E-state index in [1.165, 1.54) is 0 Å². The third-order valence-electron chi connectivity index (χ3n) is 7.90. The number of benzene rings is 1. The Balaban J connectivity index is 1.45. The number of aliphatic carboxylic acids is 1. The molecule has 0 spiro atoms. The minimum Gasteiger partial charge on any atom is -0.496 e. The summed E-state index contributed by atoms with van der Waals surface area (Å²) in [5.74, 6) is -0.344. The van der Waals surface area contributed by atoms with Gasteiger partial charge in [0.2, 0.25) is 11.8 Å². The summed E-state index contributed by atoms with van der Waals surface area (Å²) < 4.78 is 10.9. The Kier molecular flexibility index (Phi) is 11.8. The summed E-state index contributed by atoms with van der Waals surface area (Å²) in [4.78, 5) is 53.5. The number of hydrogen-bond donors (Lipinski definition) is 2. The van der Waals surface area contributed by atoms with E-state index in [9.17, 15) is 24.3 Å². The van der Waals surface area contributed by atoms with Crippen LogP contribution in [-0.4, -0.2) is 83.7 Å². The number of nitrogens with zero attached hydrogens (tertiary/aromatic N) is 2. The normalized spacial score (nSPS) is 18.9. The van der Waals surface area contributed by atoms with Crippen LogP contribution in [-0.2, 0) is 25.5 Å². The van der Waals surface area contributed by atoms with Crippen molar-refractivity contribution in [1.29, 1.82) is 0 Å². The number of carbonyl (C=O) groups excluding carboxylic acids is 3. The number of carbonyl (C=O) groups is 4. The Morgan fingerprint density at radius 3 is 2.41 bits per heavy atom. The number of nitrogens with one attached hydrogen (secondary N) is 1. The van der Waals surface area contributed by atoms with Gasteiger partial charge in [-0.2, -0.15) is 0 Å². The number of hydrogen-bond acceptors (Lipinski definition) is 6. The number of methoxy groups -OCH3 is 1. The van der Waals surface area contributed by atoms with Gasteiger partial charge in [0.15, 0.2) is 0 Å². The summed E-state index contributed by atoms with van der Waals surface area (Å²) >= 11 is 0. The molecule has 10 nitrogen and oxygen atoms in total. The number of rotatable bonds is 11. The van der Waals surface area contributed by atoms with Crippen LogP contribution in [0.15, 0.2) is 24.3 Å². The minimum atomic E-state index is -0.965. The van der Waals surface area contributed by atoms with Gasteiger partial charge in [-0.15, -0.1) is 0 Å². The summed E-state index contributed by atoms with van der Waals surface area (Å²) in [5.41, 5.74) is 0.446. The number of amides is 3. The Labute approximate surface area is 243 Å². The molecule has 3 amide bonds. The fourth-order valence-corrected chi connectivity index (χ4v) is 5.63. The monoisotopic (exact) mass is 573 g/mol. The summed E-state index contributed by atoms with van der Waals surface area (Å²) in [6.45, 7) is 7.82. The molecule has 2 N–H and O–H groups in total. The first-order valence-electron chi connectivity index (χ1n) is 14.8. The number of aryl methyl sites for hydroxylation is 1. The van der Waals surface area contributed by atoms with Gasteiger partial charge < -0.3 is 29.7 Å². The number of carboxylic acid groups (broad SMARTS) is 1. The highest BCUT2D eigenvalue weighted by molar-refractivity contribution is 5.82. The molecular formula is C31H47N3O7. The maximum Gasteiger partial charge on any atom is 0.410 e. The molecule has 3 rings (SSSR count). The second-order valence-corrected chi connectivity index (χ2v) is 12.3. The molecule has 2 fully saturated rings. The molecule has 228 valence electrons. The predicted octanol–water partition coefficient (Wildman–Crippen LogP) is 4.25. The van der Waals surface area contributed by atoms with Crippen molar-refractivity contribution in [3.8, 4) is 5.75 Å². The van der Waals surface area contributed by atoms with Gasteiger partial charge in [0.1, 0.15) is 11.4 Å². The second kappa shape index (κ2) is 15.1. The summed E-state index contributed by atoms with van der Waals surface area (Å²) in [6, 6.07) is 7.07. The van der Waals surface area contributed by atoms with Crippen LogP contribution >= 0.6 is 0 Å². The van der Waals surface area contributed by atoms with Crippen LogP contribution in [0.4, 0.5) is 4.79 Å². The highest BCUT2D eigenvalue weighted by atomic mass is 16.6. The third-order valence-corrected chi connectivity index (χ3v) is 7.90. The van der Waals surface area contributed by atoms with Gasteiger partial charge in [-0.1, -0.05) is 18.2 Å². The molecule has 2 heterocycles. The number of para-hydroxylation sites is 1. The van der Waals surface area contributed by atoms with Crippen LogP contribution in [0.2, 0.25) is 0 Å². The van der Waals surface area contributed by atoms with Crippen molar-refractivity contribution in [2.45, 2.75) is 90.2 Å². The molecular weight excluding hydrogens is 526 g/mol. The quantitative estimate of drug-likeness (QED) is 0.405. The van der Waals surface area contributed by atoms with Gasteiger partial charge in [-0.25, -0.2) is 4.79 Å². The highest BCUT2D eigenvalue weighted by Crippen LogP contribution is 2.25. The molecule has 2 saturated heterocycles. The summed E-state index contributed by atoms with van der Waals surface area (Å²) in [5, 5.41) is 12.4. The van der Waals surface area contributed by atoms with Gasteiger partial charge in [0.05, 0.1) is 19.4 Å². The molecule has 0 aliphatic carbocycles. The van der Waals surface area contributed by atoms with Crippen molar-refractivity contribution in [1.82, 2.24) is 15.1 Å². The Morgan fingerprint density at radius 2 is 1.76 bits per heavy atom. The topological polar surface area (TPSA) is 125 Å². The molecule has 2 aliphatic heterocycles. The van der Waals surface area contributed by atoms with Crippen LogP contribution in [0.5, 0.6) is 5.75 Å². The molecule has 2 atom stereocenters. The van der Waals surface area contributed by atoms with Gasteiger partial charge >= 0.3 is 12.1 Å². The van der Waals surface area contributed by atoms with Crippen LogP contribution in [0, 0.1) is 11.8 Å². The van der Waals surface area contributed by atoms with Gasteiger partial charge in [0, 0.05) is 38.6 Å². The lowest BCUT2D eigenvalue weighted by atomic mass is 9.91. The van der Waals surface area contributed by atoms with E-state index >= 15 is 0 Å². The van der Waals surface area contributed by atoms with Crippen molar-refractivity contribution in [3.63, 3.8) is 0 Å². The molecule has 2 aliphatic rings. The van der Waals surface area contributed by atoms with Crippen molar-refractivity contribution in [3.05, 3.63) is 29.8 Å². The maximum absolute atomic E-state index is 13.2. The Morgan fingerprint density at radius 1 is 1.05 bits per heavy atom. The van der Waals surface area contributed by atoms with E-state index in [2.05, 4.69) is 5.32 Å². The summed E-state index contributed by atoms with van der Waals surface area (Å²) in [7, 11) is 1.60. The minimum absolute atomic E-state index is 0.0512. The lowest BCUT2D eigenvalue weighted by molar-refractivity contribution is -0.138.